The molecule has 3 heterocycles. The Bertz CT molecular complexity index is 1320. The van der Waals surface area contributed by atoms with E-state index in [2.05, 4.69) is 30.4 Å². The quantitative estimate of drug-likeness (QED) is 0.481. The first-order chi connectivity index (χ1) is 14.1. The van der Waals surface area contributed by atoms with E-state index in [4.69, 9.17) is 0 Å². The molecule has 5 rings (SSSR count). The fourth-order valence-corrected chi connectivity index (χ4v) is 3.42. The summed E-state index contributed by atoms with van der Waals surface area (Å²) in [4.78, 5) is 15.5. The van der Waals surface area contributed by atoms with Crippen LogP contribution in [0.15, 0.2) is 55.1 Å². The standard InChI is InChI=1S/C20H15F2N7/c1-11(27-20-18-19(24-9-23-18)25-10-26-20)17-15-4-2-3-5-16(15)29(28-17)14-7-12(21)6-13(22)8-14/h2-11H,1H3,(H2,23,24,25,26,27). The number of aromatic nitrogens is 6. The Morgan fingerprint density at radius 2 is 1.83 bits per heavy atom. The van der Waals surface area contributed by atoms with Crippen molar-refractivity contribution in [2.24, 2.45) is 0 Å². The van der Waals surface area contributed by atoms with Crippen LogP contribution in [0, 0.1) is 11.6 Å². The van der Waals surface area contributed by atoms with E-state index in [1.807, 2.05) is 31.2 Å². The molecule has 144 valence electrons. The average Bonchev–Trinajstić information content (AvgIpc) is 3.33. The molecule has 29 heavy (non-hydrogen) atoms. The van der Waals surface area contributed by atoms with Gasteiger partial charge in [-0.2, -0.15) is 5.10 Å². The van der Waals surface area contributed by atoms with Crippen LogP contribution < -0.4 is 5.32 Å². The number of hydrogen-bond donors (Lipinski definition) is 2. The van der Waals surface area contributed by atoms with E-state index in [1.165, 1.54) is 18.5 Å². The maximum Gasteiger partial charge on any atom is 0.182 e. The first kappa shape index (κ1) is 17.2. The third-order valence-corrected chi connectivity index (χ3v) is 4.69. The molecule has 1 unspecified atom stereocenters. The number of nitrogens with one attached hydrogen (secondary N) is 2. The van der Waals surface area contributed by atoms with Crippen molar-refractivity contribution in [3.05, 3.63) is 72.4 Å². The van der Waals surface area contributed by atoms with Crippen molar-refractivity contribution < 1.29 is 8.78 Å². The van der Waals surface area contributed by atoms with Gasteiger partial charge in [0.15, 0.2) is 11.5 Å². The zero-order valence-corrected chi connectivity index (χ0v) is 15.3. The summed E-state index contributed by atoms with van der Waals surface area (Å²) in [6, 6.07) is 10.6. The Hall–Kier alpha value is -3.88. The van der Waals surface area contributed by atoms with E-state index < -0.39 is 11.6 Å². The molecule has 0 fully saturated rings. The number of benzene rings is 2. The number of nitrogens with zero attached hydrogens (tertiary/aromatic N) is 5. The number of H-pyrrole nitrogens is 1. The van der Waals surface area contributed by atoms with Crippen molar-refractivity contribution in [3.8, 4) is 5.69 Å². The van der Waals surface area contributed by atoms with Crippen LogP contribution in [0.1, 0.15) is 18.7 Å². The summed E-state index contributed by atoms with van der Waals surface area (Å²) >= 11 is 0. The molecule has 5 aromatic rings. The van der Waals surface area contributed by atoms with Crippen molar-refractivity contribution in [2.45, 2.75) is 13.0 Å². The van der Waals surface area contributed by atoms with Crippen LogP contribution >= 0.6 is 0 Å². The minimum Gasteiger partial charge on any atom is -0.360 e. The number of para-hydroxylation sites is 1. The zero-order valence-electron chi connectivity index (χ0n) is 15.3. The van der Waals surface area contributed by atoms with Crippen LogP contribution in [-0.2, 0) is 0 Å². The normalized spacial score (nSPS) is 12.5. The molecule has 0 amide bonds. The largest absolute Gasteiger partial charge is 0.360 e. The smallest absolute Gasteiger partial charge is 0.182 e. The van der Waals surface area contributed by atoms with Crippen molar-refractivity contribution in [1.82, 2.24) is 29.7 Å². The molecule has 0 radical (unpaired) electrons. The highest BCUT2D eigenvalue weighted by Crippen LogP contribution is 2.29. The lowest BCUT2D eigenvalue weighted by atomic mass is 10.1. The highest BCUT2D eigenvalue weighted by Gasteiger charge is 2.19. The van der Waals surface area contributed by atoms with Gasteiger partial charge in [-0.15, -0.1) is 0 Å². The van der Waals surface area contributed by atoms with Crippen LogP contribution in [0.4, 0.5) is 14.6 Å². The minimum absolute atomic E-state index is 0.249. The van der Waals surface area contributed by atoms with E-state index in [1.54, 1.807) is 11.0 Å². The number of fused-ring (bicyclic) bond motifs is 2. The maximum atomic E-state index is 13.8. The number of anilines is 1. The number of halogens is 2. The Balaban J connectivity index is 1.61. The molecule has 0 spiro atoms. The van der Waals surface area contributed by atoms with Crippen molar-refractivity contribution in [3.63, 3.8) is 0 Å². The van der Waals surface area contributed by atoms with Crippen LogP contribution in [-0.4, -0.2) is 29.7 Å². The van der Waals surface area contributed by atoms with Gasteiger partial charge in [-0.25, -0.2) is 28.4 Å². The summed E-state index contributed by atoms with van der Waals surface area (Å²) in [5, 5.41) is 8.85. The summed E-state index contributed by atoms with van der Waals surface area (Å²) in [5.41, 5.74) is 3.03. The number of aromatic amines is 1. The zero-order chi connectivity index (χ0) is 20.0. The summed E-state index contributed by atoms with van der Waals surface area (Å²) in [6.45, 7) is 1.94. The molecule has 2 N–H and O–H groups in total. The first-order valence-corrected chi connectivity index (χ1v) is 8.95. The first-order valence-electron chi connectivity index (χ1n) is 8.95. The number of imidazole rings is 1. The Morgan fingerprint density at radius 1 is 1.03 bits per heavy atom. The van der Waals surface area contributed by atoms with Crippen LogP contribution in [0.3, 0.4) is 0 Å². The Labute approximate surface area is 163 Å². The molecule has 0 aliphatic heterocycles. The molecule has 2 aromatic carbocycles. The lowest BCUT2D eigenvalue weighted by molar-refractivity contribution is 0.580. The van der Waals surface area contributed by atoms with Gasteiger partial charge in [0.2, 0.25) is 0 Å². The molecule has 0 saturated carbocycles. The monoisotopic (exact) mass is 391 g/mol. The highest BCUT2D eigenvalue weighted by atomic mass is 19.1. The molecule has 3 aromatic heterocycles. The van der Waals surface area contributed by atoms with Gasteiger partial charge in [-0.1, -0.05) is 18.2 Å². The van der Waals surface area contributed by atoms with Gasteiger partial charge in [0, 0.05) is 11.5 Å². The molecular weight excluding hydrogens is 376 g/mol. The predicted molar refractivity (Wildman–Crippen MR) is 105 cm³/mol. The predicted octanol–water partition coefficient (Wildman–Crippen LogP) is 4.14. The fourth-order valence-electron chi connectivity index (χ4n) is 3.42. The average molecular weight is 391 g/mol. The van der Waals surface area contributed by atoms with Crippen LogP contribution in [0.5, 0.6) is 0 Å². The van der Waals surface area contributed by atoms with Gasteiger partial charge in [0.05, 0.1) is 29.3 Å². The minimum atomic E-state index is -0.657. The second-order valence-electron chi connectivity index (χ2n) is 6.63. The van der Waals surface area contributed by atoms with E-state index >= 15 is 0 Å². The molecule has 0 aliphatic rings. The topological polar surface area (TPSA) is 84.3 Å². The summed E-state index contributed by atoms with van der Waals surface area (Å²) < 4.78 is 29.1. The summed E-state index contributed by atoms with van der Waals surface area (Å²) in [6.07, 6.45) is 2.99. The van der Waals surface area contributed by atoms with Crippen molar-refractivity contribution in [1.29, 1.82) is 0 Å². The second-order valence-corrected chi connectivity index (χ2v) is 6.63. The van der Waals surface area contributed by atoms with Crippen LogP contribution in [0.2, 0.25) is 0 Å². The third-order valence-electron chi connectivity index (χ3n) is 4.69. The van der Waals surface area contributed by atoms with E-state index in [-0.39, 0.29) is 6.04 Å². The molecule has 9 heteroatoms. The van der Waals surface area contributed by atoms with Gasteiger partial charge >= 0.3 is 0 Å². The number of rotatable bonds is 4. The lowest BCUT2D eigenvalue weighted by Crippen LogP contribution is -2.10. The molecule has 0 aliphatic carbocycles. The lowest BCUT2D eigenvalue weighted by Gasteiger charge is -2.13. The molecule has 0 saturated heterocycles. The highest BCUT2D eigenvalue weighted by molar-refractivity contribution is 5.85. The fraction of sp³-hybridized carbons (Fsp3) is 0.100. The molecular formula is C20H15F2N7. The SMILES string of the molecule is CC(Nc1ncnc2nc[nH]c12)c1nn(-c2cc(F)cc(F)c2)c2ccccc12. The van der Waals surface area contributed by atoms with Gasteiger partial charge in [0.25, 0.3) is 0 Å². The van der Waals surface area contributed by atoms with E-state index in [0.29, 0.717) is 22.7 Å². The van der Waals surface area contributed by atoms with Gasteiger partial charge in [0.1, 0.15) is 23.5 Å². The summed E-state index contributed by atoms with van der Waals surface area (Å²) in [7, 11) is 0. The number of hydrogen-bond acceptors (Lipinski definition) is 5. The second kappa shape index (κ2) is 6.62. The van der Waals surface area contributed by atoms with Crippen LogP contribution in [0.25, 0.3) is 27.8 Å². The molecule has 1 atom stereocenters. The van der Waals surface area contributed by atoms with Gasteiger partial charge < -0.3 is 10.3 Å². The third kappa shape index (κ3) is 2.96. The Kier molecular flexibility index (Phi) is 3.94. The van der Waals surface area contributed by atoms with Gasteiger partial charge in [-0.3, -0.25) is 0 Å². The van der Waals surface area contributed by atoms with E-state index in [9.17, 15) is 8.78 Å². The van der Waals surface area contributed by atoms with E-state index in [0.717, 1.165) is 22.7 Å². The molecule has 0 bridgehead atoms. The summed E-state index contributed by atoms with van der Waals surface area (Å²) in [5.74, 6) is -0.722. The van der Waals surface area contributed by atoms with Crippen molar-refractivity contribution in [2.75, 3.05) is 5.32 Å². The maximum absolute atomic E-state index is 13.8. The van der Waals surface area contributed by atoms with Crippen molar-refractivity contribution >= 4 is 27.9 Å². The molecule has 7 nitrogen and oxygen atoms in total. The van der Waals surface area contributed by atoms with Gasteiger partial charge in [-0.05, 0) is 25.1 Å². The Morgan fingerprint density at radius 3 is 2.66 bits per heavy atom.